The van der Waals surface area contributed by atoms with Crippen LogP contribution in [0.2, 0.25) is 0 Å². The summed E-state index contributed by atoms with van der Waals surface area (Å²) in [6.45, 7) is 5.71. The molecule has 1 saturated heterocycles. The number of carboxylic acids is 1. The second kappa shape index (κ2) is 52.3. The molecule has 0 saturated carbocycles. The number of unbranched alkanes of at least 4 members (excludes halogenated alkanes) is 20. The van der Waals surface area contributed by atoms with E-state index in [2.05, 4.69) is 118 Å². The van der Waals surface area contributed by atoms with Crippen LogP contribution in [-0.4, -0.2) is 89.2 Å². The van der Waals surface area contributed by atoms with Crippen LogP contribution in [0, 0.1) is 0 Å². The molecule has 0 aromatic carbocycles. The van der Waals surface area contributed by atoms with E-state index in [0.29, 0.717) is 25.7 Å². The van der Waals surface area contributed by atoms with Gasteiger partial charge in [0.15, 0.2) is 24.6 Å². The summed E-state index contributed by atoms with van der Waals surface area (Å²) >= 11 is 0. The van der Waals surface area contributed by atoms with Crippen molar-refractivity contribution in [1.29, 1.82) is 0 Å². The summed E-state index contributed by atoms with van der Waals surface area (Å²) < 4.78 is 28.4. The van der Waals surface area contributed by atoms with Gasteiger partial charge in [0.05, 0.1) is 6.61 Å². The Hall–Kier alpha value is -4.36. The number of aliphatic hydroxyl groups is 2. The Bertz CT molecular complexity index is 1710. The molecule has 0 spiro atoms. The molecule has 0 amide bonds. The van der Waals surface area contributed by atoms with Crippen LogP contribution in [0.1, 0.15) is 239 Å². The van der Waals surface area contributed by atoms with Crippen molar-refractivity contribution < 1.29 is 58.2 Å². The first-order valence-corrected chi connectivity index (χ1v) is 30.2. The van der Waals surface area contributed by atoms with Crippen molar-refractivity contribution in [3.63, 3.8) is 0 Å². The van der Waals surface area contributed by atoms with Gasteiger partial charge in [0.1, 0.15) is 18.8 Å². The molecule has 1 rings (SSSR count). The minimum absolute atomic E-state index is 0.000612. The second-order valence-corrected chi connectivity index (χ2v) is 20.2. The number of hydrogen-bond acceptors (Lipinski definition) is 11. The molecule has 1 aliphatic rings. The number of aliphatic carboxylic acids is 1. The number of ether oxygens (including phenoxy) is 5. The summed E-state index contributed by atoms with van der Waals surface area (Å²) in [5.41, 5.74) is 0. The SMILES string of the molecule is CC/C=C\C/C=C\C/C=C\C/C=C\CCCCC(=O)OC1C(OCC(COC(=O)CCCCCCCCCCC/C=C\CCCCCCCC)OC(=O)CCCCC/C=C\C/C=C\C/C=C\CC)OC(C(=O)O)C(O)C1O. The number of aliphatic hydroxyl groups excluding tert-OH is 2. The molecule has 6 atom stereocenters. The van der Waals surface area contributed by atoms with Crippen LogP contribution in [0.25, 0.3) is 0 Å². The van der Waals surface area contributed by atoms with E-state index >= 15 is 0 Å². The Morgan fingerprint density at radius 1 is 0.442 bits per heavy atom. The zero-order valence-electron chi connectivity index (χ0n) is 48.2. The van der Waals surface area contributed by atoms with E-state index in [-0.39, 0.29) is 25.9 Å². The average Bonchev–Trinajstić information content (AvgIpc) is 3.42. The molecule has 0 radical (unpaired) electrons. The van der Waals surface area contributed by atoms with Crippen LogP contribution < -0.4 is 0 Å². The fraction of sp³-hybridized carbons (Fsp3) is 0.692. The lowest BCUT2D eigenvalue weighted by atomic mass is 9.98. The maximum absolute atomic E-state index is 13.1. The highest BCUT2D eigenvalue weighted by Crippen LogP contribution is 2.26. The minimum atomic E-state index is -1.93. The average molecular weight is 1080 g/mol. The minimum Gasteiger partial charge on any atom is -0.479 e. The number of rotatable bonds is 50. The molecule has 0 bridgehead atoms. The highest BCUT2D eigenvalue weighted by Gasteiger charge is 2.50. The summed E-state index contributed by atoms with van der Waals surface area (Å²) in [5, 5.41) is 31.5. The van der Waals surface area contributed by atoms with Crippen molar-refractivity contribution in [3.05, 3.63) is 97.2 Å². The molecule has 0 aromatic rings. The third kappa shape index (κ3) is 42.3. The third-order valence-electron chi connectivity index (χ3n) is 13.1. The molecular weight excluding hydrogens is 973 g/mol. The number of carbonyl (C=O) groups excluding carboxylic acids is 3. The molecule has 77 heavy (non-hydrogen) atoms. The first-order valence-electron chi connectivity index (χ1n) is 30.2. The molecular formula is C65H106O12. The van der Waals surface area contributed by atoms with Crippen molar-refractivity contribution >= 4 is 23.9 Å². The van der Waals surface area contributed by atoms with Crippen molar-refractivity contribution in [2.75, 3.05) is 13.2 Å². The van der Waals surface area contributed by atoms with Gasteiger partial charge in [0, 0.05) is 19.3 Å². The van der Waals surface area contributed by atoms with Gasteiger partial charge in [-0.05, 0) is 116 Å². The smallest absolute Gasteiger partial charge is 0.335 e. The summed E-state index contributed by atoms with van der Waals surface area (Å²) in [7, 11) is 0. The van der Waals surface area contributed by atoms with E-state index in [1.54, 1.807) is 0 Å². The molecule has 0 aromatic heterocycles. The van der Waals surface area contributed by atoms with Crippen LogP contribution in [0.4, 0.5) is 0 Å². The van der Waals surface area contributed by atoms with Gasteiger partial charge in [-0.25, -0.2) is 4.79 Å². The van der Waals surface area contributed by atoms with E-state index in [9.17, 15) is 34.5 Å². The van der Waals surface area contributed by atoms with Gasteiger partial charge >= 0.3 is 23.9 Å². The molecule has 6 unspecified atom stereocenters. The Morgan fingerprint density at radius 3 is 1.30 bits per heavy atom. The van der Waals surface area contributed by atoms with E-state index in [1.165, 1.54) is 83.5 Å². The Morgan fingerprint density at radius 2 is 0.818 bits per heavy atom. The van der Waals surface area contributed by atoms with Crippen LogP contribution in [0.3, 0.4) is 0 Å². The number of carboxylic acid groups (broad SMARTS) is 1. The quantitative estimate of drug-likeness (QED) is 0.0228. The van der Waals surface area contributed by atoms with Crippen molar-refractivity contribution in [2.45, 2.75) is 276 Å². The monoisotopic (exact) mass is 1080 g/mol. The summed E-state index contributed by atoms with van der Waals surface area (Å²) in [5.74, 6) is -3.22. The molecule has 438 valence electrons. The van der Waals surface area contributed by atoms with Gasteiger partial charge in [-0.15, -0.1) is 0 Å². The van der Waals surface area contributed by atoms with E-state index < -0.39 is 67.3 Å². The Labute approximate surface area is 466 Å². The van der Waals surface area contributed by atoms with E-state index in [1.807, 2.05) is 0 Å². The molecule has 12 heteroatoms. The number of allylic oxidation sites excluding steroid dienone is 16. The molecule has 0 aliphatic carbocycles. The standard InChI is InChI=1S/C65H106O12/c1-4-7-10-13-16-19-22-25-27-28-29-30-32-34-36-39-42-45-48-51-57(66)73-54-56(75-58(67)52-49-46-43-40-37-33-24-21-18-15-12-9-6-3)55-74-65-63(61(70)60(69)62(77-65)64(71)72)76-59(68)53-50-47-44-41-38-35-31-26-23-20-17-14-11-8-5-2/h8-9,11-12,17-18,20-21,25-27,31,33,37-38,41,56,60-63,65,69-70H,4-7,10,13-16,19,22-24,28-30,32,34-36,39-40,42-55H2,1-3H3,(H,71,72)/b11-8-,12-9-,20-17-,21-18-,27-25-,31-26-,37-33-,41-38-. The van der Waals surface area contributed by atoms with E-state index in [4.69, 9.17) is 23.7 Å². The Balaban J connectivity index is 2.70. The van der Waals surface area contributed by atoms with Gasteiger partial charge < -0.3 is 39.0 Å². The number of carbonyl (C=O) groups is 4. The number of esters is 3. The lowest BCUT2D eigenvalue weighted by molar-refractivity contribution is -0.301. The summed E-state index contributed by atoms with van der Waals surface area (Å²) in [4.78, 5) is 51.1. The Kier molecular flexibility index (Phi) is 48.0. The zero-order valence-corrected chi connectivity index (χ0v) is 48.2. The zero-order chi connectivity index (χ0) is 56.1. The molecule has 1 aliphatic heterocycles. The maximum Gasteiger partial charge on any atom is 0.335 e. The molecule has 1 fully saturated rings. The topological polar surface area (TPSA) is 175 Å². The van der Waals surface area contributed by atoms with Crippen LogP contribution in [0.15, 0.2) is 97.2 Å². The summed E-state index contributed by atoms with van der Waals surface area (Å²) in [6, 6.07) is 0. The summed E-state index contributed by atoms with van der Waals surface area (Å²) in [6.07, 6.45) is 56.7. The van der Waals surface area contributed by atoms with Crippen molar-refractivity contribution in [1.82, 2.24) is 0 Å². The van der Waals surface area contributed by atoms with Gasteiger partial charge in [0.2, 0.25) is 0 Å². The highest BCUT2D eigenvalue weighted by molar-refractivity contribution is 5.74. The first kappa shape index (κ1) is 70.7. The van der Waals surface area contributed by atoms with Crippen LogP contribution in [-0.2, 0) is 42.9 Å². The van der Waals surface area contributed by atoms with Gasteiger partial charge in [-0.3, -0.25) is 14.4 Å². The van der Waals surface area contributed by atoms with Gasteiger partial charge in [-0.2, -0.15) is 0 Å². The normalized spacial score (nSPS) is 18.7. The third-order valence-corrected chi connectivity index (χ3v) is 13.1. The highest BCUT2D eigenvalue weighted by atomic mass is 16.7. The lowest BCUT2D eigenvalue weighted by Gasteiger charge is -2.40. The number of hydrogen-bond donors (Lipinski definition) is 3. The second-order valence-electron chi connectivity index (χ2n) is 20.2. The van der Waals surface area contributed by atoms with E-state index in [0.717, 1.165) is 89.9 Å². The lowest BCUT2D eigenvalue weighted by Crippen LogP contribution is -2.61. The predicted octanol–water partition coefficient (Wildman–Crippen LogP) is 15.7. The largest absolute Gasteiger partial charge is 0.479 e. The molecule has 1 heterocycles. The maximum atomic E-state index is 13.1. The van der Waals surface area contributed by atoms with Crippen molar-refractivity contribution in [2.24, 2.45) is 0 Å². The fourth-order valence-electron chi connectivity index (χ4n) is 8.54. The van der Waals surface area contributed by atoms with Crippen LogP contribution in [0.5, 0.6) is 0 Å². The van der Waals surface area contributed by atoms with Crippen molar-refractivity contribution in [3.8, 4) is 0 Å². The first-order chi connectivity index (χ1) is 37.6. The van der Waals surface area contributed by atoms with Gasteiger partial charge in [-0.1, -0.05) is 201 Å². The van der Waals surface area contributed by atoms with Crippen LogP contribution >= 0.6 is 0 Å². The molecule has 3 N–H and O–H groups in total. The molecule has 12 nitrogen and oxygen atoms in total. The van der Waals surface area contributed by atoms with Gasteiger partial charge in [0.25, 0.3) is 0 Å². The fourth-order valence-corrected chi connectivity index (χ4v) is 8.54. The predicted molar refractivity (Wildman–Crippen MR) is 312 cm³/mol.